The highest BCUT2D eigenvalue weighted by molar-refractivity contribution is 7.16. The van der Waals surface area contributed by atoms with Gasteiger partial charge in [0.25, 0.3) is 0 Å². The molecule has 13 heavy (non-hydrogen) atoms. The van der Waals surface area contributed by atoms with E-state index >= 15 is 0 Å². The lowest BCUT2D eigenvalue weighted by molar-refractivity contribution is -0.142. The minimum atomic E-state index is -0.715. The molecule has 1 aromatic heterocycles. The van der Waals surface area contributed by atoms with Crippen molar-refractivity contribution in [2.24, 2.45) is 5.73 Å². The fraction of sp³-hybridized carbons (Fsp3) is 0.286. The fourth-order valence-electron chi connectivity index (χ4n) is 0.739. The van der Waals surface area contributed by atoms with Gasteiger partial charge in [0.15, 0.2) is 0 Å². The summed E-state index contributed by atoms with van der Waals surface area (Å²) in [6.07, 6.45) is 0. The first-order valence-corrected chi connectivity index (χ1v) is 4.43. The van der Waals surface area contributed by atoms with E-state index in [1.54, 1.807) is 12.1 Å². The lowest BCUT2D eigenvalue weighted by Gasteiger charge is -2.05. The lowest BCUT2D eigenvalue weighted by Crippen LogP contribution is -2.21. The Labute approximate surface area is 91.2 Å². The van der Waals surface area contributed by atoms with E-state index in [2.05, 4.69) is 4.74 Å². The van der Waals surface area contributed by atoms with E-state index in [-0.39, 0.29) is 12.4 Å². The van der Waals surface area contributed by atoms with Gasteiger partial charge in [-0.1, -0.05) is 11.6 Å². The summed E-state index contributed by atoms with van der Waals surface area (Å²) in [6, 6.07) is 2.70. The summed E-state index contributed by atoms with van der Waals surface area (Å²) in [5.74, 6) is -0.450. The maximum atomic E-state index is 10.9. The van der Waals surface area contributed by atoms with E-state index in [9.17, 15) is 4.79 Å². The molecule has 2 N–H and O–H groups in total. The van der Waals surface area contributed by atoms with E-state index < -0.39 is 12.0 Å². The van der Waals surface area contributed by atoms with Crippen LogP contribution in [0.4, 0.5) is 0 Å². The van der Waals surface area contributed by atoms with Gasteiger partial charge in [0, 0.05) is 4.88 Å². The van der Waals surface area contributed by atoms with E-state index in [1.807, 2.05) is 0 Å². The predicted octanol–water partition coefficient (Wildman–Crippen LogP) is 2.00. The van der Waals surface area contributed by atoms with Crippen molar-refractivity contribution in [1.29, 1.82) is 0 Å². The second-order valence-corrected chi connectivity index (χ2v) is 3.89. The van der Waals surface area contributed by atoms with Gasteiger partial charge >= 0.3 is 5.97 Å². The molecule has 0 radical (unpaired) electrons. The Hall–Kier alpha value is -0.290. The average Bonchev–Trinajstić information content (AvgIpc) is 2.49. The molecule has 0 amide bonds. The van der Waals surface area contributed by atoms with Crippen molar-refractivity contribution in [1.82, 2.24) is 0 Å². The second-order valence-electron chi connectivity index (χ2n) is 2.14. The molecular formula is C7H9Cl2NO2S. The number of carbonyl (C=O) groups is 1. The third kappa shape index (κ3) is 3.15. The van der Waals surface area contributed by atoms with Gasteiger partial charge in [-0.3, -0.25) is 0 Å². The van der Waals surface area contributed by atoms with Gasteiger partial charge in [0.2, 0.25) is 0 Å². The van der Waals surface area contributed by atoms with Crippen LogP contribution in [-0.4, -0.2) is 13.1 Å². The largest absolute Gasteiger partial charge is 0.468 e. The number of halogens is 2. The second kappa shape index (κ2) is 5.44. The lowest BCUT2D eigenvalue weighted by atomic mass is 10.3. The van der Waals surface area contributed by atoms with Crippen LogP contribution >= 0.6 is 35.3 Å². The Kier molecular flexibility index (Phi) is 5.32. The van der Waals surface area contributed by atoms with Crippen LogP contribution < -0.4 is 5.73 Å². The van der Waals surface area contributed by atoms with E-state index in [1.165, 1.54) is 18.4 Å². The Morgan fingerprint density at radius 3 is 2.69 bits per heavy atom. The first-order chi connectivity index (χ1) is 5.65. The number of esters is 1. The third-order valence-corrected chi connectivity index (χ3v) is 2.67. The SMILES string of the molecule is COC(=O)[C@@H](N)c1ccc(Cl)s1.Cl. The van der Waals surface area contributed by atoms with Crippen molar-refractivity contribution in [3.63, 3.8) is 0 Å². The molecule has 1 heterocycles. The van der Waals surface area contributed by atoms with Crippen LogP contribution in [0.1, 0.15) is 10.9 Å². The van der Waals surface area contributed by atoms with Gasteiger partial charge in [-0.2, -0.15) is 0 Å². The first-order valence-electron chi connectivity index (χ1n) is 3.24. The summed E-state index contributed by atoms with van der Waals surface area (Å²) in [6.45, 7) is 0. The van der Waals surface area contributed by atoms with Crippen LogP contribution in [0.25, 0.3) is 0 Å². The molecule has 0 aliphatic heterocycles. The number of hydrogen-bond donors (Lipinski definition) is 1. The number of carbonyl (C=O) groups excluding carboxylic acids is 1. The van der Waals surface area contributed by atoms with Crippen LogP contribution in [0, 0.1) is 0 Å². The normalized spacial score (nSPS) is 11.6. The number of ether oxygens (including phenoxy) is 1. The van der Waals surface area contributed by atoms with Gasteiger partial charge in [0.05, 0.1) is 11.4 Å². The highest BCUT2D eigenvalue weighted by Gasteiger charge is 2.17. The summed E-state index contributed by atoms with van der Waals surface area (Å²) in [5, 5.41) is 0. The first kappa shape index (κ1) is 12.7. The molecule has 0 aliphatic carbocycles. The van der Waals surface area contributed by atoms with Gasteiger partial charge in [0.1, 0.15) is 6.04 Å². The zero-order valence-corrected chi connectivity index (χ0v) is 9.21. The molecule has 6 heteroatoms. The molecule has 1 aromatic rings. The van der Waals surface area contributed by atoms with Gasteiger partial charge < -0.3 is 10.5 Å². The molecule has 0 fully saturated rings. The molecule has 0 unspecified atom stereocenters. The van der Waals surface area contributed by atoms with Crippen molar-refractivity contribution in [3.8, 4) is 0 Å². The number of methoxy groups -OCH3 is 1. The van der Waals surface area contributed by atoms with Crippen LogP contribution in [0.15, 0.2) is 12.1 Å². The van der Waals surface area contributed by atoms with E-state index in [4.69, 9.17) is 17.3 Å². The van der Waals surface area contributed by atoms with Crippen molar-refractivity contribution in [3.05, 3.63) is 21.3 Å². The summed E-state index contributed by atoms with van der Waals surface area (Å²) < 4.78 is 5.09. The quantitative estimate of drug-likeness (QED) is 0.807. The smallest absolute Gasteiger partial charge is 0.328 e. The molecule has 0 aromatic carbocycles. The topological polar surface area (TPSA) is 52.3 Å². The summed E-state index contributed by atoms with van der Waals surface area (Å²) in [7, 11) is 1.30. The molecule has 0 saturated carbocycles. The monoisotopic (exact) mass is 241 g/mol. The number of nitrogens with two attached hydrogens (primary N) is 1. The molecule has 74 valence electrons. The van der Waals surface area contributed by atoms with Crippen LogP contribution in [-0.2, 0) is 9.53 Å². The van der Waals surface area contributed by atoms with Gasteiger partial charge in [-0.05, 0) is 12.1 Å². The summed E-state index contributed by atoms with van der Waals surface area (Å²) >= 11 is 6.94. The van der Waals surface area contributed by atoms with Crippen molar-refractivity contribution in [2.75, 3.05) is 7.11 Å². The van der Waals surface area contributed by atoms with Gasteiger partial charge in [-0.15, -0.1) is 23.7 Å². The van der Waals surface area contributed by atoms with E-state index in [0.717, 1.165) is 0 Å². The van der Waals surface area contributed by atoms with E-state index in [0.29, 0.717) is 9.21 Å². The third-order valence-electron chi connectivity index (χ3n) is 1.36. The minimum Gasteiger partial charge on any atom is -0.468 e. The average molecular weight is 242 g/mol. The Morgan fingerprint density at radius 2 is 2.31 bits per heavy atom. The van der Waals surface area contributed by atoms with Crippen molar-refractivity contribution >= 4 is 41.3 Å². The maximum absolute atomic E-state index is 10.9. The molecule has 0 saturated heterocycles. The summed E-state index contributed by atoms with van der Waals surface area (Å²) in [4.78, 5) is 11.7. The zero-order valence-electron chi connectivity index (χ0n) is 6.82. The Balaban J connectivity index is 0.00000144. The molecule has 0 aliphatic rings. The maximum Gasteiger partial charge on any atom is 0.328 e. The predicted molar refractivity (Wildman–Crippen MR) is 55.5 cm³/mol. The zero-order chi connectivity index (χ0) is 9.14. The van der Waals surface area contributed by atoms with Crippen LogP contribution in [0.2, 0.25) is 4.34 Å². The van der Waals surface area contributed by atoms with Crippen molar-refractivity contribution < 1.29 is 9.53 Å². The van der Waals surface area contributed by atoms with Crippen molar-refractivity contribution in [2.45, 2.75) is 6.04 Å². The highest BCUT2D eigenvalue weighted by Crippen LogP contribution is 2.26. The molecule has 1 atom stereocenters. The highest BCUT2D eigenvalue weighted by atomic mass is 35.5. The molecule has 0 bridgehead atoms. The van der Waals surface area contributed by atoms with Crippen LogP contribution in [0.3, 0.4) is 0 Å². The fourth-order valence-corrected chi connectivity index (χ4v) is 1.79. The number of hydrogen-bond acceptors (Lipinski definition) is 4. The standard InChI is InChI=1S/C7H8ClNO2S.ClH/c1-11-7(10)6(9)4-2-3-5(8)12-4;/h2-3,6H,9H2,1H3;1H/t6-;/m0./s1. The molecule has 1 rings (SSSR count). The summed E-state index contributed by atoms with van der Waals surface area (Å²) in [5.41, 5.74) is 5.54. The molecule has 0 spiro atoms. The minimum absolute atomic E-state index is 0. The molecule has 3 nitrogen and oxygen atoms in total. The Morgan fingerprint density at radius 1 is 1.69 bits per heavy atom. The number of thiophene rings is 1. The number of rotatable bonds is 2. The Bertz CT molecular complexity index is 290. The van der Waals surface area contributed by atoms with Crippen LogP contribution in [0.5, 0.6) is 0 Å². The van der Waals surface area contributed by atoms with Gasteiger partial charge in [-0.25, -0.2) is 4.79 Å². The molecular weight excluding hydrogens is 233 g/mol.